The third-order valence-electron chi connectivity index (χ3n) is 3.16. The molecule has 1 amide bonds. The van der Waals surface area contributed by atoms with E-state index in [1.807, 2.05) is 18.2 Å². The first-order valence-electron chi connectivity index (χ1n) is 5.59. The largest absolute Gasteiger partial charge is 0.316 e. The van der Waals surface area contributed by atoms with Crippen molar-refractivity contribution in [2.45, 2.75) is 6.92 Å². The molecule has 1 aliphatic rings. The molecule has 4 heteroatoms. The molecule has 1 aromatic rings. The molecule has 1 aliphatic heterocycles. The van der Waals surface area contributed by atoms with E-state index < -0.39 is 0 Å². The molecule has 2 atom stereocenters. The average molecular weight is 219 g/mol. The Kier molecular flexibility index (Phi) is 3.19. The van der Waals surface area contributed by atoms with Gasteiger partial charge in [0.15, 0.2) is 0 Å². The lowest BCUT2D eigenvalue weighted by atomic mass is 9.97. The molecule has 0 bridgehead atoms. The minimum atomic E-state index is 0.0759. The molecular formula is C12H17N3O. The normalized spacial score (nSPS) is 24.4. The summed E-state index contributed by atoms with van der Waals surface area (Å²) in [5.74, 6) is 1.34. The van der Waals surface area contributed by atoms with Crippen LogP contribution in [0.25, 0.3) is 0 Å². The Morgan fingerprint density at radius 2 is 2.31 bits per heavy atom. The third-order valence-corrected chi connectivity index (χ3v) is 3.16. The summed E-state index contributed by atoms with van der Waals surface area (Å²) in [6.07, 6.45) is 1.70. The van der Waals surface area contributed by atoms with Crippen LogP contribution in [0.5, 0.6) is 0 Å². The molecule has 86 valence electrons. The molecule has 16 heavy (non-hydrogen) atoms. The lowest BCUT2D eigenvalue weighted by Gasteiger charge is -2.21. The second-order valence-electron chi connectivity index (χ2n) is 4.33. The van der Waals surface area contributed by atoms with E-state index in [0.717, 1.165) is 13.1 Å². The third kappa shape index (κ3) is 2.07. The van der Waals surface area contributed by atoms with Gasteiger partial charge in [0.1, 0.15) is 5.82 Å². The van der Waals surface area contributed by atoms with Crippen molar-refractivity contribution in [2.75, 3.05) is 25.0 Å². The fraction of sp³-hybridized carbons (Fsp3) is 0.500. The molecule has 0 spiro atoms. The van der Waals surface area contributed by atoms with Crippen LogP contribution >= 0.6 is 0 Å². The van der Waals surface area contributed by atoms with Crippen LogP contribution in [0, 0.1) is 11.8 Å². The van der Waals surface area contributed by atoms with Gasteiger partial charge in [0, 0.05) is 19.8 Å². The van der Waals surface area contributed by atoms with E-state index in [1.54, 1.807) is 18.1 Å². The summed E-state index contributed by atoms with van der Waals surface area (Å²) in [5.41, 5.74) is 0. The lowest BCUT2D eigenvalue weighted by Crippen LogP contribution is -2.36. The van der Waals surface area contributed by atoms with E-state index in [0.29, 0.717) is 11.7 Å². The summed E-state index contributed by atoms with van der Waals surface area (Å²) in [7, 11) is 1.79. The number of carbonyl (C=O) groups is 1. The number of hydrogen-bond acceptors (Lipinski definition) is 3. The van der Waals surface area contributed by atoms with Gasteiger partial charge in [0.25, 0.3) is 0 Å². The Balaban J connectivity index is 2.10. The highest BCUT2D eigenvalue weighted by Gasteiger charge is 2.32. The van der Waals surface area contributed by atoms with Gasteiger partial charge in [-0.1, -0.05) is 13.0 Å². The number of nitrogens with one attached hydrogen (secondary N) is 1. The van der Waals surface area contributed by atoms with E-state index in [4.69, 9.17) is 0 Å². The molecule has 1 saturated heterocycles. The van der Waals surface area contributed by atoms with E-state index in [2.05, 4.69) is 17.2 Å². The summed E-state index contributed by atoms with van der Waals surface area (Å²) in [6, 6.07) is 5.59. The maximum Gasteiger partial charge on any atom is 0.232 e. The van der Waals surface area contributed by atoms with E-state index >= 15 is 0 Å². The molecular weight excluding hydrogens is 202 g/mol. The summed E-state index contributed by atoms with van der Waals surface area (Å²) in [6.45, 7) is 3.80. The summed E-state index contributed by atoms with van der Waals surface area (Å²) in [4.78, 5) is 18.0. The number of aromatic nitrogens is 1. The van der Waals surface area contributed by atoms with Crippen LogP contribution in [0.4, 0.5) is 5.82 Å². The number of rotatable bonds is 2. The molecule has 1 N–H and O–H groups in total. The Morgan fingerprint density at radius 3 is 2.88 bits per heavy atom. The van der Waals surface area contributed by atoms with Crippen molar-refractivity contribution < 1.29 is 4.79 Å². The Bertz CT molecular complexity index is 366. The SMILES string of the molecule is CC1CNCC1C(=O)N(C)c1ccccn1. The smallest absolute Gasteiger partial charge is 0.232 e. The van der Waals surface area contributed by atoms with E-state index in [1.165, 1.54) is 0 Å². The minimum Gasteiger partial charge on any atom is -0.316 e. The van der Waals surface area contributed by atoms with Gasteiger partial charge in [-0.2, -0.15) is 0 Å². The summed E-state index contributed by atoms with van der Waals surface area (Å²) in [5, 5.41) is 3.24. The fourth-order valence-corrected chi connectivity index (χ4v) is 2.05. The quantitative estimate of drug-likeness (QED) is 0.803. The fourth-order valence-electron chi connectivity index (χ4n) is 2.05. The average Bonchev–Trinajstić information content (AvgIpc) is 2.75. The first-order valence-corrected chi connectivity index (χ1v) is 5.59. The van der Waals surface area contributed by atoms with Crippen molar-refractivity contribution in [2.24, 2.45) is 11.8 Å². The van der Waals surface area contributed by atoms with E-state index in [-0.39, 0.29) is 11.8 Å². The molecule has 0 saturated carbocycles. The van der Waals surface area contributed by atoms with Gasteiger partial charge in [-0.25, -0.2) is 4.98 Å². The van der Waals surface area contributed by atoms with Crippen molar-refractivity contribution in [1.29, 1.82) is 0 Å². The van der Waals surface area contributed by atoms with Gasteiger partial charge < -0.3 is 5.32 Å². The van der Waals surface area contributed by atoms with Crippen LogP contribution in [0.15, 0.2) is 24.4 Å². The monoisotopic (exact) mass is 219 g/mol. The first-order chi connectivity index (χ1) is 7.70. The maximum atomic E-state index is 12.2. The topological polar surface area (TPSA) is 45.2 Å². The van der Waals surface area contributed by atoms with Gasteiger partial charge >= 0.3 is 0 Å². The van der Waals surface area contributed by atoms with Crippen molar-refractivity contribution >= 4 is 11.7 Å². The van der Waals surface area contributed by atoms with Gasteiger partial charge in [-0.05, 0) is 24.6 Å². The Morgan fingerprint density at radius 1 is 1.50 bits per heavy atom. The van der Waals surface area contributed by atoms with Gasteiger partial charge in [-0.15, -0.1) is 0 Å². The van der Waals surface area contributed by atoms with Gasteiger partial charge in [0.2, 0.25) is 5.91 Å². The maximum absolute atomic E-state index is 12.2. The van der Waals surface area contributed by atoms with Gasteiger partial charge in [-0.3, -0.25) is 9.69 Å². The predicted molar refractivity (Wildman–Crippen MR) is 63.2 cm³/mol. The number of hydrogen-bond donors (Lipinski definition) is 1. The zero-order chi connectivity index (χ0) is 11.5. The summed E-state index contributed by atoms with van der Waals surface area (Å²) < 4.78 is 0. The number of pyridine rings is 1. The number of anilines is 1. The van der Waals surface area contributed by atoms with Crippen molar-refractivity contribution in [1.82, 2.24) is 10.3 Å². The Hall–Kier alpha value is -1.42. The zero-order valence-electron chi connectivity index (χ0n) is 9.68. The molecule has 2 rings (SSSR count). The highest BCUT2D eigenvalue weighted by molar-refractivity contribution is 5.94. The van der Waals surface area contributed by atoms with Crippen molar-refractivity contribution in [3.8, 4) is 0 Å². The first kappa shape index (κ1) is 11.1. The summed E-state index contributed by atoms with van der Waals surface area (Å²) >= 11 is 0. The van der Waals surface area contributed by atoms with Crippen LogP contribution in [0.3, 0.4) is 0 Å². The molecule has 0 radical (unpaired) electrons. The van der Waals surface area contributed by atoms with Crippen molar-refractivity contribution in [3.05, 3.63) is 24.4 Å². The lowest BCUT2D eigenvalue weighted by molar-refractivity contribution is -0.122. The van der Waals surface area contributed by atoms with E-state index in [9.17, 15) is 4.79 Å². The molecule has 0 aliphatic carbocycles. The van der Waals surface area contributed by atoms with Crippen molar-refractivity contribution in [3.63, 3.8) is 0 Å². The zero-order valence-corrected chi connectivity index (χ0v) is 9.68. The molecule has 1 fully saturated rings. The number of amides is 1. The molecule has 2 heterocycles. The van der Waals surface area contributed by atoms with Crippen LogP contribution in [0.2, 0.25) is 0 Å². The Labute approximate surface area is 95.7 Å². The second-order valence-corrected chi connectivity index (χ2v) is 4.33. The second kappa shape index (κ2) is 4.61. The van der Waals surface area contributed by atoms with Crippen LogP contribution < -0.4 is 10.2 Å². The standard InChI is InChI=1S/C12H17N3O/c1-9-7-13-8-10(9)12(16)15(2)11-5-3-4-6-14-11/h3-6,9-10,13H,7-8H2,1-2H3. The van der Waals surface area contributed by atoms with Crippen LogP contribution in [-0.2, 0) is 4.79 Å². The van der Waals surface area contributed by atoms with Crippen LogP contribution in [-0.4, -0.2) is 31.0 Å². The van der Waals surface area contributed by atoms with Crippen LogP contribution in [0.1, 0.15) is 6.92 Å². The molecule has 0 aromatic carbocycles. The van der Waals surface area contributed by atoms with Gasteiger partial charge in [0.05, 0.1) is 5.92 Å². The highest BCUT2D eigenvalue weighted by atomic mass is 16.2. The molecule has 4 nitrogen and oxygen atoms in total. The minimum absolute atomic E-state index is 0.0759. The number of nitrogens with zero attached hydrogens (tertiary/aromatic N) is 2. The predicted octanol–water partition coefficient (Wildman–Crippen LogP) is 0.900. The highest BCUT2D eigenvalue weighted by Crippen LogP contribution is 2.20. The number of carbonyl (C=O) groups excluding carboxylic acids is 1. The molecule has 2 unspecified atom stereocenters. The molecule has 1 aromatic heterocycles.